The van der Waals surface area contributed by atoms with Gasteiger partial charge in [-0.25, -0.2) is 0 Å². The molecule has 0 saturated carbocycles. The molecular weight excluding hydrogens is 588 g/mol. The van der Waals surface area contributed by atoms with E-state index in [4.69, 9.17) is 0 Å². The molecule has 6 nitrogen and oxygen atoms in total. The Hall–Kier alpha value is -1.98. The molecule has 0 aliphatic heterocycles. The van der Waals surface area contributed by atoms with E-state index in [1.807, 2.05) is 0 Å². The second kappa shape index (κ2) is 10.4. The zero-order valence-corrected chi connectivity index (χ0v) is 22.5. The number of rotatable bonds is 9. The van der Waals surface area contributed by atoms with E-state index in [9.17, 15) is 72.5 Å². The summed E-state index contributed by atoms with van der Waals surface area (Å²) < 4.78 is 169. The molecule has 0 aromatic rings. The topological polar surface area (TPSA) is 93.1 Å². The quantitative estimate of drug-likeness (QED) is 0.237. The summed E-state index contributed by atoms with van der Waals surface area (Å²) in [5, 5.41) is 19.3. The molecule has 0 rings (SSSR count). The zero-order chi connectivity index (χ0) is 33.0. The van der Waals surface area contributed by atoms with Crippen molar-refractivity contribution < 1.29 is 82.0 Å². The van der Waals surface area contributed by atoms with E-state index in [2.05, 4.69) is 9.47 Å². The molecule has 18 heteroatoms. The molecule has 238 valence electrons. The first-order valence-corrected chi connectivity index (χ1v) is 11.2. The minimum Gasteiger partial charge on any atom is -0.455 e. The highest BCUT2D eigenvalue weighted by molar-refractivity contribution is 5.81. The van der Waals surface area contributed by atoms with Crippen molar-refractivity contribution in [2.24, 2.45) is 10.8 Å². The third-order valence-electron chi connectivity index (χ3n) is 6.74. The smallest absolute Gasteiger partial charge is 0.430 e. The number of aliphatic hydroxyl groups is 2. The summed E-state index contributed by atoms with van der Waals surface area (Å²) in [5.74, 6) is -3.67. The van der Waals surface area contributed by atoms with E-state index in [-0.39, 0.29) is 27.7 Å². The summed E-state index contributed by atoms with van der Waals surface area (Å²) in [7, 11) is 0. The lowest BCUT2D eigenvalue weighted by Crippen LogP contribution is -2.70. The molecule has 2 N–H and O–H groups in total. The number of carbonyl (C=O) groups excluding carboxylic acids is 2. The maximum absolute atomic E-state index is 13.3. The zero-order valence-electron chi connectivity index (χ0n) is 22.5. The second-order valence-electron chi connectivity index (χ2n) is 11.2. The van der Waals surface area contributed by atoms with E-state index in [0.717, 1.165) is 27.7 Å². The van der Waals surface area contributed by atoms with Crippen LogP contribution in [0.3, 0.4) is 0 Å². The van der Waals surface area contributed by atoms with Gasteiger partial charge in [-0.2, -0.15) is 52.7 Å². The molecule has 0 bridgehead atoms. The van der Waals surface area contributed by atoms with Gasteiger partial charge in [0, 0.05) is 0 Å². The highest BCUT2D eigenvalue weighted by Gasteiger charge is 2.80. The lowest BCUT2D eigenvalue weighted by molar-refractivity contribution is -0.408. The molecule has 0 aliphatic rings. The molecular formula is C22H30F12O6. The standard InChI is InChI=1S/C22H30F12O6/c1-9-16(8,12(36)40-15(6,7)18(38,21(29,30)31)22(32,33)34)10-13(2,3)11(35)39-14(4,5)17(37,19(23,24)25)20(26,27)28/h37-38H,9-10H2,1-8H3. The van der Waals surface area contributed by atoms with Crippen molar-refractivity contribution in [3.63, 3.8) is 0 Å². The fraction of sp³-hybridized carbons (Fsp3) is 0.909. The fourth-order valence-electron chi connectivity index (χ4n) is 3.95. The molecule has 0 aliphatic carbocycles. The molecule has 0 heterocycles. The average molecular weight is 618 g/mol. The minimum absolute atomic E-state index is 0.104. The van der Waals surface area contributed by atoms with Crippen LogP contribution in [0.4, 0.5) is 52.7 Å². The van der Waals surface area contributed by atoms with Gasteiger partial charge in [-0.3, -0.25) is 9.59 Å². The molecule has 1 unspecified atom stereocenters. The normalized spacial score (nSPS) is 16.9. The lowest BCUT2D eigenvalue weighted by atomic mass is 9.72. The molecule has 0 radical (unpaired) electrons. The van der Waals surface area contributed by atoms with Gasteiger partial charge in [-0.05, 0) is 61.3 Å². The molecule has 0 fully saturated rings. The third kappa shape index (κ3) is 6.41. The van der Waals surface area contributed by atoms with Crippen LogP contribution in [0.15, 0.2) is 0 Å². The maximum Gasteiger partial charge on any atom is 0.430 e. The Bertz CT molecular complexity index is 916. The predicted molar refractivity (Wildman–Crippen MR) is 111 cm³/mol. The maximum atomic E-state index is 13.3. The molecule has 0 amide bonds. The van der Waals surface area contributed by atoms with Gasteiger partial charge in [0.05, 0.1) is 10.8 Å². The molecule has 1 atom stereocenters. The third-order valence-corrected chi connectivity index (χ3v) is 6.74. The van der Waals surface area contributed by atoms with E-state index in [1.165, 1.54) is 0 Å². The first-order valence-electron chi connectivity index (χ1n) is 11.2. The van der Waals surface area contributed by atoms with Crippen LogP contribution in [0.5, 0.6) is 0 Å². The molecule has 0 aromatic heterocycles. The van der Waals surface area contributed by atoms with Crippen molar-refractivity contribution in [1.82, 2.24) is 0 Å². The summed E-state index contributed by atoms with van der Waals surface area (Å²) >= 11 is 0. The first kappa shape index (κ1) is 38.0. The van der Waals surface area contributed by atoms with Gasteiger partial charge in [0.15, 0.2) is 11.2 Å². The highest BCUT2D eigenvalue weighted by atomic mass is 19.4. The van der Waals surface area contributed by atoms with Crippen LogP contribution in [-0.2, 0) is 19.1 Å². The number of alkyl halides is 12. The van der Waals surface area contributed by atoms with E-state index >= 15 is 0 Å². The summed E-state index contributed by atoms with van der Waals surface area (Å²) in [6, 6.07) is 0. The molecule has 0 aromatic carbocycles. The van der Waals surface area contributed by atoms with Crippen LogP contribution in [0.25, 0.3) is 0 Å². The Morgan fingerprint density at radius 3 is 1.02 bits per heavy atom. The number of ether oxygens (including phenoxy) is 2. The first-order chi connectivity index (χ1) is 17.0. The minimum atomic E-state index is -6.40. The summed E-state index contributed by atoms with van der Waals surface area (Å²) in [6.45, 7) is 4.16. The van der Waals surface area contributed by atoms with Crippen LogP contribution >= 0.6 is 0 Å². The summed E-state index contributed by atoms with van der Waals surface area (Å²) in [5.41, 5.74) is -23.0. The van der Waals surface area contributed by atoms with Gasteiger partial charge in [-0.1, -0.05) is 6.92 Å². The Labute approximate surface area is 221 Å². The van der Waals surface area contributed by atoms with Gasteiger partial charge < -0.3 is 19.7 Å². The van der Waals surface area contributed by atoms with Crippen LogP contribution in [0.1, 0.15) is 68.2 Å². The Morgan fingerprint density at radius 2 is 0.800 bits per heavy atom. The van der Waals surface area contributed by atoms with Crippen molar-refractivity contribution in [3.05, 3.63) is 0 Å². The Kier molecular flexibility index (Phi) is 9.87. The van der Waals surface area contributed by atoms with Crippen molar-refractivity contribution in [1.29, 1.82) is 0 Å². The van der Waals surface area contributed by atoms with Crippen LogP contribution < -0.4 is 0 Å². The van der Waals surface area contributed by atoms with Crippen LogP contribution in [0, 0.1) is 10.8 Å². The van der Waals surface area contributed by atoms with E-state index in [0.29, 0.717) is 0 Å². The monoisotopic (exact) mass is 618 g/mol. The average Bonchev–Trinajstić information content (AvgIpc) is 2.67. The Morgan fingerprint density at radius 1 is 0.550 bits per heavy atom. The highest BCUT2D eigenvalue weighted by Crippen LogP contribution is 2.53. The van der Waals surface area contributed by atoms with Gasteiger partial charge in [0.1, 0.15) is 0 Å². The fourth-order valence-corrected chi connectivity index (χ4v) is 3.95. The molecule has 0 saturated heterocycles. The second-order valence-corrected chi connectivity index (χ2v) is 11.2. The number of carbonyl (C=O) groups is 2. The largest absolute Gasteiger partial charge is 0.455 e. The van der Waals surface area contributed by atoms with E-state index in [1.54, 1.807) is 0 Å². The van der Waals surface area contributed by atoms with Crippen LogP contribution in [0.2, 0.25) is 0 Å². The number of hydrogen-bond acceptors (Lipinski definition) is 6. The van der Waals surface area contributed by atoms with E-state index < -0.39 is 82.7 Å². The van der Waals surface area contributed by atoms with Gasteiger partial charge in [0.2, 0.25) is 0 Å². The SMILES string of the molecule is CCC(C)(CC(C)(C)C(=O)OC(C)(C)C(O)(C(F)(F)F)C(F)(F)F)C(=O)OC(C)(C)C(O)(C(F)(F)F)C(F)(F)F. The van der Waals surface area contributed by atoms with Gasteiger partial charge >= 0.3 is 36.6 Å². The van der Waals surface area contributed by atoms with Crippen molar-refractivity contribution in [2.75, 3.05) is 0 Å². The number of halogens is 12. The summed E-state index contributed by atoms with van der Waals surface area (Å²) in [4.78, 5) is 25.6. The van der Waals surface area contributed by atoms with Crippen molar-refractivity contribution in [2.45, 2.75) is 115 Å². The number of hydrogen-bond donors (Lipinski definition) is 2. The molecule has 40 heavy (non-hydrogen) atoms. The van der Waals surface area contributed by atoms with Gasteiger partial charge in [-0.15, -0.1) is 0 Å². The summed E-state index contributed by atoms with van der Waals surface area (Å²) in [6.07, 6.45) is -27.1. The predicted octanol–water partition coefficient (Wildman–Crippen LogP) is 6.17. The van der Waals surface area contributed by atoms with Crippen molar-refractivity contribution in [3.8, 4) is 0 Å². The molecule has 0 spiro atoms. The van der Waals surface area contributed by atoms with Crippen LogP contribution in [-0.4, -0.2) is 69.3 Å². The Balaban J connectivity index is 6.39. The van der Waals surface area contributed by atoms with Crippen molar-refractivity contribution >= 4 is 11.9 Å². The van der Waals surface area contributed by atoms with Gasteiger partial charge in [0.25, 0.3) is 11.2 Å². The lowest BCUT2D eigenvalue weighted by Gasteiger charge is -2.46. The number of esters is 2.